The summed E-state index contributed by atoms with van der Waals surface area (Å²) in [6, 6.07) is 0. The van der Waals surface area contributed by atoms with Crippen molar-refractivity contribution in [2.45, 2.75) is 60.3 Å². The van der Waals surface area contributed by atoms with E-state index in [4.69, 9.17) is 0 Å². The third kappa shape index (κ3) is 1.61. The second kappa shape index (κ2) is 4.44. The fourth-order valence-corrected chi connectivity index (χ4v) is 5.32. The molecule has 0 aromatic rings. The van der Waals surface area contributed by atoms with E-state index in [1.807, 2.05) is 0 Å². The minimum atomic E-state index is -0.111. The number of hydrogen-bond acceptors (Lipinski definition) is 2. The summed E-state index contributed by atoms with van der Waals surface area (Å²) in [6.45, 7) is 11.5. The Hall–Kier alpha value is -1.12. The smallest absolute Gasteiger partial charge is 0.234 e. The highest BCUT2D eigenvalue weighted by molar-refractivity contribution is 6.07. The maximum atomic E-state index is 12.9. The highest BCUT2D eigenvalue weighted by Gasteiger charge is 2.71. The average Bonchev–Trinajstić information content (AvgIpc) is 2.90. The molecular formula is C18H27NO2. The van der Waals surface area contributed by atoms with Gasteiger partial charge in [-0.05, 0) is 26.7 Å². The van der Waals surface area contributed by atoms with Crippen molar-refractivity contribution in [3.63, 3.8) is 0 Å². The fourth-order valence-electron chi connectivity index (χ4n) is 5.32. The van der Waals surface area contributed by atoms with Gasteiger partial charge < -0.3 is 0 Å². The lowest BCUT2D eigenvalue weighted by Gasteiger charge is -2.34. The number of unbranched alkanes of at least 4 members (excludes halogenated alkanes) is 2. The number of rotatable bonds is 4. The second-order valence-electron chi connectivity index (χ2n) is 7.75. The molecule has 21 heavy (non-hydrogen) atoms. The zero-order valence-electron chi connectivity index (χ0n) is 14.0. The summed E-state index contributed by atoms with van der Waals surface area (Å²) in [5.74, 6) is -0.0287. The largest absolute Gasteiger partial charge is 0.282 e. The number of carbonyl (C=O) groups excluding carboxylic acids is 2. The summed E-state index contributed by atoms with van der Waals surface area (Å²) in [7, 11) is 0. The molecule has 3 rings (SSSR count). The van der Waals surface area contributed by atoms with Crippen molar-refractivity contribution < 1.29 is 9.59 Å². The zero-order chi connectivity index (χ0) is 15.6. The first kappa shape index (κ1) is 14.8. The predicted octanol–water partition coefficient (Wildman–Crippen LogP) is 3.54. The molecule has 3 heteroatoms. The Morgan fingerprint density at radius 1 is 1.00 bits per heavy atom. The summed E-state index contributed by atoms with van der Waals surface area (Å²) in [5.41, 5.74) is 2.50. The molecule has 1 heterocycles. The number of hydrogen-bond donors (Lipinski definition) is 0. The normalized spacial score (nSPS) is 41.5. The third-order valence-corrected chi connectivity index (χ3v) is 6.77. The second-order valence-corrected chi connectivity index (χ2v) is 7.75. The van der Waals surface area contributed by atoms with Crippen molar-refractivity contribution >= 4 is 11.8 Å². The van der Waals surface area contributed by atoms with Gasteiger partial charge in [-0.3, -0.25) is 14.5 Å². The van der Waals surface area contributed by atoms with Gasteiger partial charge in [-0.1, -0.05) is 44.8 Å². The molecule has 1 saturated heterocycles. The Kier molecular flexibility index (Phi) is 3.13. The lowest BCUT2D eigenvalue weighted by Crippen LogP contribution is -2.36. The van der Waals surface area contributed by atoms with Gasteiger partial charge in [-0.15, -0.1) is 0 Å². The quantitative estimate of drug-likeness (QED) is 0.451. The van der Waals surface area contributed by atoms with Crippen molar-refractivity contribution in [2.24, 2.45) is 22.7 Å². The van der Waals surface area contributed by atoms with E-state index in [-0.39, 0.29) is 34.5 Å². The van der Waals surface area contributed by atoms with Crippen LogP contribution in [0.4, 0.5) is 0 Å². The Morgan fingerprint density at radius 2 is 1.48 bits per heavy atom. The van der Waals surface area contributed by atoms with Gasteiger partial charge in [-0.25, -0.2) is 0 Å². The highest BCUT2D eigenvalue weighted by atomic mass is 16.2. The van der Waals surface area contributed by atoms with Crippen LogP contribution in [0.5, 0.6) is 0 Å². The molecule has 0 aromatic heterocycles. The van der Waals surface area contributed by atoms with Crippen LogP contribution < -0.4 is 0 Å². The topological polar surface area (TPSA) is 37.4 Å². The molecule has 0 spiro atoms. The molecule has 2 fully saturated rings. The van der Waals surface area contributed by atoms with Crippen LogP contribution in [0.3, 0.4) is 0 Å². The molecule has 4 atom stereocenters. The highest BCUT2D eigenvalue weighted by Crippen LogP contribution is 2.71. The van der Waals surface area contributed by atoms with Crippen molar-refractivity contribution in [3.05, 3.63) is 11.1 Å². The molecule has 3 nitrogen and oxygen atoms in total. The van der Waals surface area contributed by atoms with Crippen LogP contribution in [-0.4, -0.2) is 23.3 Å². The van der Waals surface area contributed by atoms with E-state index < -0.39 is 0 Å². The van der Waals surface area contributed by atoms with Gasteiger partial charge in [0.2, 0.25) is 11.8 Å². The van der Waals surface area contributed by atoms with Crippen molar-refractivity contribution in [2.75, 3.05) is 6.54 Å². The Labute approximate surface area is 127 Å². The van der Waals surface area contributed by atoms with Crippen molar-refractivity contribution in [1.29, 1.82) is 0 Å². The van der Waals surface area contributed by atoms with E-state index in [1.54, 1.807) is 4.90 Å². The number of imide groups is 1. The number of likely N-dealkylation sites (tertiary alicyclic amines) is 1. The monoisotopic (exact) mass is 289 g/mol. The van der Waals surface area contributed by atoms with Gasteiger partial charge in [-0.2, -0.15) is 0 Å². The maximum absolute atomic E-state index is 12.9. The lowest BCUT2D eigenvalue weighted by atomic mass is 9.66. The van der Waals surface area contributed by atoms with Crippen LogP contribution in [0.15, 0.2) is 11.1 Å². The Balaban J connectivity index is 1.94. The molecule has 1 aliphatic heterocycles. The summed E-state index contributed by atoms with van der Waals surface area (Å²) in [4.78, 5) is 27.3. The minimum Gasteiger partial charge on any atom is -0.282 e. The van der Waals surface area contributed by atoms with Gasteiger partial charge in [0, 0.05) is 17.4 Å². The number of carbonyl (C=O) groups is 2. The molecule has 2 amide bonds. The van der Waals surface area contributed by atoms with Crippen LogP contribution in [0.25, 0.3) is 0 Å². The molecule has 2 bridgehead atoms. The molecule has 116 valence electrons. The molecule has 0 radical (unpaired) electrons. The van der Waals surface area contributed by atoms with E-state index in [9.17, 15) is 9.59 Å². The van der Waals surface area contributed by atoms with Crippen LogP contribution in [0.2, 0.25) is 0 Å². The van der Waals surface area contributed by atoms with E-state index in [0.29, 0.717) is 6.54 Å². The Bertz CT molecular complexity index is 507. The van der Waals surface area contributed by atoms with Crippen LogP contribution in [0.1, 0.15) is 60.3 Å². The van der Waals surface area contributed by atoms with Crippen molar-refractivity contribution in [1.82, 2.24) is 4.90 Å². The molecule has 1 saturated carbocycles. The summed E-state index contributed by atoms with van der Waals surface area (Å²) in [6.07, 6.45) is 4.09. The lowest BCUT2D eigenvalue weighted by molar-refractivity contribution is -0.141. The van der Waals surface area contributed by atoms with Crippen molar-refractivity contribution in [3.8, 4) is 0 Å². The molecule has 4 unspecified atom stereocenters. The standard InChI is InChI=1S/C18H27NO2/c1-6-7-8-9-19-15(20)13-14(16(19)21)18(5)10-17(13,4)11(2)12(18)3/h13-14H,6-10H2,1-5H3. The number of fused-ring (bicyclic) bond motifs is 5. The molecule has 2 aliphatic carbocycles. The first-order valence-electron chi connectivity index (χ1n) is 8.32. The van der Waals surface area contributed by atoms with Gasteiger partial charge in [0.05, 0.1) is 11.8 Å². The van der Waals surface area contributed by atoms with Gasteiger partial charge in [0.1, 0.15) is 0 Å². The fraction of sp³-hybridized carbons (Fsp3) is 0.778. The minimum absolute atomic E-state index is 0.0965. The molecular weight excluding hydrogens is 262 g/mol. The third-order valence-electron chi connectivity index (χ3n) is 6.77. The van der Waals surface area contributed by atoms with Crippen LogP contribution in [0, 0.1) is 22.7 Å². The van der Waals surface area contributed by atoms with Gasteiger partial charge in [0.15, 0.2) is 0 Å². The summed E-state index contributed by atoms with van der Waals surface area (Å²) >= 11 is 0. The maximum Gasteiger partial charge on any atom is 0.234 e. The molecule has 3 aliphatic rings. The van der Waals surface area contributed by atoms with Gasteiger partial charge in [0.25, 0.3) is 0 Å². The number of nitrogens with zero attached hydrogens (tertiary/aromatic N) is 1. The average molecular weight is 289 g/mol. The van der Waals surface area contributed by atoms with E-state index in [1.165, 1.54) is 11.1 Å². The first-order valence-corrected chi connectivity index (χ1v) is 8.32. The SMILES string of the molecule is CCCCCN1C(=O)C2C(C1=O)C1(C)CC2(C)C(C)=C1C. The van der Waals surface area contributed by atoms with Gasteiger partial charge >= 0.3 is 0 Å². The van der Waals surface area contributed by atoms with E-state index in [2.05, 4.69) is 34.6 Å². The van der Waals surface area contributed by atoms with Crippen LogP contribution in [-0.2, 0) is 9.59 Å². The Morgan fingerprint density at radius 3 is 1.90 bits per heavy atom. The molecule has 0 N–H and O–H groups in total. The summed E-state index contributed by atoms with van der Waals surface area (Å²) < 4.78 is 0. The number of amides is 2. The van der Waals surface area contributed by atoms with E-state index in [0.717, 1.165) is 25.7 Å². The summed E-state index contributed by atoms with van der Waals surface area (Å²) in [5, 5.41) is 0. The predicted molar refractivity (Wildman–Crippen MR) is 82.4 cm³/mol. The number of allylic oxidation sites excluding steroid dienone is 2. The van der Waals surface area contributed by atoms with E-state index >= 15 is 0 Å². The van der Waals surface area contributed by atoms with Crippen LogP contribution >= 0.6 is 0 Å². The first-order chi connectivity index (χ1) is 9.79. The zero-order valence-corrected chi connectivity index (χ0v) is 14.0. The molecule has 0 aromatic carbocycles.